The molecule has 3 heterocycles. The SMILES string of the molecule is CCN1Cc2c(ccnc2N[C@@H](C)c2ccc(Oc3ccc4c(ccn4C(C)C)c3)c(F)c2)C1=O. The average Bonchev–Trinajstić information content (AvgIpc) is 3.41. The molecule has 1 atom stereocenters. The first kappa shape index (κ1) is 22.9. The molecule has 4 aromatic rings. The molecule has 2 aromatic heterocycles. The van der Waals surface area contributed by atoms with Gasteiger partial charge in [0.1, 0.15) is 11.6 Å². The van der Waals surface area contributed by atoms with Crippen molar-refractivity contribution in [1.29, 1.82) is 0 Å². The average molecular weight is 473 g/mol. The van der Waals surface area contributed by atoms with Crippen molar-refractivity contribution in [2.24, 2.45) is 0 Å². The molecule has 2 aromatic carbocycles. The number of nitrogens with one attached hydrogen (secondary N) is 1. The van der Waals surface area contributed by atoms with Gasteiger partial charge in [-0.05, 0) is 75.7 Å². The Bertz CT molecular complexity index is 1410. The third-order valence-corrected chi connectivity index (χ3v) is 6.59. The molecule has 180 valence electrons. The van der Waals surface area contributed by atoms with Crippen molar-refractivity contribution in [3.63, 3.8) is 0 Å². The number of anilines is 1. The van der Waals surface area contributed by atoms with E-state index in [0.717, 1.165) is 22.0 Å². The minimum atomic E-state index is -0.436. The fourth-order valence-electron chi connectivity index (χ4n) is 4.61. The molecule has 0 unspecified atom stereocenters. The molecule has 0 fully saturated rings. The topological polar surface area (TPSA) is 59.4 Å². The summed E-state index contributed by atoms with van der Waals surface area (Å²) in [5.74, 6) is 1.00. The lowest BCUT2D eigenvalue weighted by Crippen LogP contribution is -2.22. The first-order valence-electron chi connectivity index (χ1n) is 12.0. The van der Waals surface area contributed by atoms with Gasteiger partial charge in [0, 0.05) is 47.0 Å². The Morgan fingerprint density at radius 3 is 2.69 bits per heavy atom. The van der Waals surface area contributed by atoms with Crippen LogP contribution in [-0.2, 0) is 6.54 Å². The second-order valence-electron chi connectivity index (χ2n) is 9.20. The number of aromatic nitrogens is 2. The molecule has 7 heteroatoms. The van der Waals surface area contributed by atoms with E-state index in [1.54, 1.807) is 23.2 Å². The lowest BCUT2D eigenvalue weighted by molar-refractivity contribution is 0.0787. The van der Waals surface area contributed by atoms with Gasteiger partial charge in [-0.25, -0.2) is 9.37 Å². The number of hydrogen-bond donors (Lipinski definition) is 1. The van der Waals surface area contributed by atoms with Gasteiger partial charge < -0.3 is 19.5 Å². The predicted molar refractivity (Wildman–Crippen MR) is 135 cm³/mol. The third kappa shape index (κ3) is 4.22. The third-order valence-electron chi connectivity index (χ3n) is 6.59. The van der Waals surface area contributed by atoms with E-state index < -0.39 is 5.82 Å². The number of hydrogen-bond acceptors (Lipinski definition) is 4. The number of rotatable bonds is 7. The molecule has 0 aliphatic carbocycles. The zero-order chi connectivity index (χ0) is 24.7. The maximum absolute atomic E-state index is 15.0. The Kier molecular flexibility index (Phi) is 5.93. The van der Waals surface area contributed by atoms with Gasteiger partial charge in [0.15, 0.2) is 11.6 Å². The first-order valence-corrected chi connectivity index (χ1v) is 12.0. The highest BCUT2D eigenvalue weighted by atomic mass is 19.1. The van der Waals surface area contributed by atoms with Crippen LogP contribution in [0.3, 0.4) is 0 Å². The fraction of sp³-hybridized carbons (Fsp3) is 0.286. The summed E-state index contributed by atoms with van der Waals surface area (Å²) in [7, 11) is 0. The van der Waals surface area contributed by atoms with Crippen molar-refractivity contribution >= 4 is 22.6 Å². The summed E-state index contributed by atoms with van der Waals surface area (Å²) in [5.41, 5.74) is 3.43. The van der Waals surface area contributed by atoms with Gasteiger partial charge in [-0.1, -0.05) is 6.07 Å². The Morgan fingerprint density at radius 1 is 1.11 bits per heavy atom. The van der Waals surface area contributed by atoms with Gasteiger partial charge in [-0.2, -0.15) is 0 Å². The maximum Gasteiger partial charge on any atom is 0.254 e. The highest BCUT2D eigenvalue weighted by molar-refractivity contribution is 5.99. The standard InChI is InChI=1S/C28H29FN4O2/c1-5-32-16-23-22(28(32)34)10-12-30-27(23)31-18(4)19-6-9-26(24(29)15-19)35-21-7-8-25-20(14-21)11-13-33(25)17(2)3/h6-15,17-18H,5,16H2,1-4H3,(H,30,31)/t18-/m0/s1. The second-order valence-corrected chi connectivity index (χ2v) is 9.20. The summed E-state index contributed by atoms with van der Waals surface area (Å²) in [6.07, 6.45) is 3.68. The van der Waals surface area contributed by atoms with Crippen LogP contribution in [0.2, 0.25) is 0 Å². The van der Waals surface area contributed by atoms with Crippen LogP contribution in [-0.4, -0.2) is 26.9 Å². The van der Waals surface area contributed by atoms with E-state index in [9.17, 15) is 4.79 Å². The number of nitrogens with zero attached hydrogens (tertiary/aromatic N) is 3. The van der Waals surface area contributed by atoms with E-state index in [1.165, 1.54) is 6.07 Å². The molecule has 0 bridgehead atoms. The number of carbonyl (C=O) groups is 1. The Morgan fingerprint density at radius 2 is 1.94 bits per heavy atom. The monoisotopic (exact) mass is 472 g/mol. The van der Waals surface area contributed by atoms with Crippen molar-refractivity contribution in [2.75, 3.05) is 11.9 Å². The van der Waals surface area contributed by atoms with Crippen LogP contribution in [0.25, 0.3) is 10.9 Å². The van der Waals surface area contributed by atoms with Gasteiger partial charge in [0.25, 0.3) is 5.91 Å². The van der Waals surface area contributed by atoms with E-state index in [0.29, 0.717) is 36.3 Å². The van der Waals surface area contributed by atoms with Crippen LogP contribution in [0.5, 0.6) is 11.5 Å². The second kappa shape index (κ2) is 9.06. The first-order chi connectivity index (χ1) is 16.9. The molecule has 1 amide bonds. The zero-order valence-corrected chi connectivity index (χ0v) is 20.4. The van der Waals surface area contributed by atoms with Crippen LogP contribution < -0.4 is 10.1 Å². The van der Waals surface area contributed by atoms with E-state index in [-0.39, 0.29) is 17.7 Å². The van der Waals surface area contributed by atoms with Crippen molar-refractivity contribution in [1.82, 2.24) is 14.5 Å². The van der Waals surface area contributed by atoms with Crippen LogP contribution in [0.1, 0.15) is 61.3 Å². The van der Waals surface area contributed by atoms with Gasteiger partial charge >= 0.3 is 0 Å². The molecule has 0 saturated heterocycles. The van der Waals surface area contributed by atoms with Crippen LogP contribution in [0.4, 0.5) is 10.2 Å². The quantitative estimate of drug-likeness (QED) is 0.325. The minimum Gasteiger partial charge on any atom is -0.454 e. The van der Waals surface area contributed by atoms with Gasteiger partial charge in [0.05, 0.1) is 12.6 Å². The number of benzene rings is 2. The van der Waals surface area contributed by atoms with Crippen LogP contribution >= 0.6 is 0 Å². The molecule has 1 N–H and O–H groups in total. The molecule has 6 nitrogen and oxygen atoms in total. The molecule has 0 saturated carbocycles. The van der Waals surface area contributed by atoms with Gasteiger partial charge in [-0.3, -0.25) is 4.79 Å². The van der Waals surface area contributed by atoms with Crippen molar-refractivity contribution in [2.45, 2.75) is 46.3 Å². The summed E-state index contributed by atoms with van der Waals surface area (Å²) >= 11 is 0. The lowest BCUT2D eigenvalue weighted by atomic mass is 10.1. The van der Waals surface area contributed by atoms with Crippen molar-refractivity contribution in [3.05, 3.63) is 83.4 Å². The molecule has 1 aliphatic heterocycles. The van der Waals surface area contributed by atoms with Gasteiger partial charge in [0.2, 0.25) is 0 Å². The van der Waals surface area contributed by atoms with Gasteiger partial charge in [-0.15, -0.1) is 0 Å². The number of halogens is 1. The molecular formula is C28H29FN4O2. The summed E-state index contributed by atoms with van der Waals surface area (Å²) < 4.78 is 23.1. The van der Waals surface area contributed by atoms with E-state index in [4.69, 9.17) is 4.74 Å². The molecule has 5 rings (SSSR count). The normalized spacial score (nSPS) is 14.0. The smallest absolute Gasteiger partial charge is 0.254 e. The van der Waals surface area contributed by atoms with Crippen LogP contribution in [0.15, 0.2) is 60.9 Å². The summed E-state index contributed by atoms with van der Waals surface area (Å²) in [6.45, 7) is 9.34. The van der Waals surface area contributed by atoms with Crippen molar-refractivity contribution in [3.8, 4) is 11.5 Å². The molecule has 35 heavy (non-hydrogen) atoms. The minimum absolute atomic E-state index is 0.0205. The number of pyridine rings is 1. The predicted octanol–water partition coefficient (Wildman–Crippen LogP) is 6.70. The Balaban J connectivity index is 1.33. The van der Waals surface area contributed by atoms with E-state index >= 15 is 4.39 Å². The molecular weight excluding hydrogens is 443 g/mol. The highest BCUT2D eigenvalue weighted by Gasteiger charge is 2.29. The fourth-order valence-corrected chi connectivity index (χ4v) is 4.61. The summed E-state index contributed by atoms with van der Waals surface area (Å²) in [6, 6.07) is 14.7. The summed E-state index contributed by atoms with van der Waals surface area (Å²) in [5, 5.41) is 4.40. The molecule has 1 aliphatic rings. The van der Waals surface area contributed by atoms with E-state index in [2.05, 4.69) is 34.9 Å². The Hall–Kier alpha value is -3.87. The zero-order valence-electron chi connectivity index (χ0n) is 20.4. The highest BCUT2D eigenvalue weighted by Crippen LogP contribution is 2.33. The largest absolute Gasteiger partial charge is 0.454 e. The number of amides is 1. The summed E-state index contributed by atoms with van der Waals surface area (Å²) in [4.78, 5) is 18.7. The number of ether oxygens (including phenoxy) is 1. The lowest BCUT2D eigenvalue weighted by Gasteiger charge is -2.18. The Labute approximate surface area is 204 Å². The van der Waals surface area contributed by atoms with Crippen LogP contribution in [0, 0.1) is 5.82 Å². The number of carbonyl (C=O) groups excluding carboxylic acids is 1. The van der Waals surface area contributed by atoms with Crippen molar-refractivity contribution < 1.29 is 13.9 Å². The van der Waals surface area contributed by atoms with E-state index in [1.807, 2.05) is 44.2 Å². The molecule has 0 radical (unpaired) electrons. The maximum atomic E-state index is 15.0. The number of fused-ring (bicyclic) bond motifs is 2. The molecule has 0 spiro atoms.